The van der Waals surface area contributed by atoms with Gasteiger partial charge in [-0.1, -0.05) is 0 Å². The number of benzene rings is 1. The van der Waals surface area contributed by atoms with Crippen LogP contribution in [0, 0.1) is 6.92 Å². The second-order valence-electron chi connectivity index (χ2n) is 3.85. The number of aliphatic hydroxyl groups is 1. The average molecular weight is 240 g/mol. The minimum atomic E-state index is -0.299. The highest BCUT2D eigenvalue weighted by atomic mass is 16.5. The third-order valence-corrected chi connectivity index (χ3v) is 2.51. The summed E-state index contributed by atoms with van der Waals surface area (Å²) in [6, 6.07) is 3.45. The van der Waals surface area contributed by atoms with Gasteiger partial charge in [-0.05, 0) is 18.6 Å². The summed E-state index contributed by atoms with van der Waals surface area (Å²) in [5.41, 5.74) is 7.43. The molecule has 0 aromatic heterocycles. The standard InChI is InChI=1S/C12H20N2O3/c1-8-4-12(17-3)10(5-11(8)16-2)14-6-9(13)7-15/h4-5,9,14-15H,6-7,13H2,1-3H3. The summed E-state index contributed by atoms with van der Waals surface area (Å²) >= 11 is 0. The number of ether oxygens (including phenoxy) is 2. The van der Waals surface area contributed by atoms with E-state index in [4.69, 9.17) is 20.3 Å². The summed E-state index contributed by atoms with van der Waals surface area (Å²) in [7, 11) is 3.23. The molecule has 0 bridgehead atoms. The zero-order valence-corrected chi connectivity index (χ0v) is 10.5. The van der Waals surface area contributed by atoms with Crippen molar-refractivity contribution in [1.82, 2.24) is 0 Å². The van der Waals surface area contributed by atoms with E-state index in [2.05, 4.69) is 5.32 Å². The van der Waals surface area contributed by atoms with Crippen molar-refractivity contribution in [3.63, 3.8) is 0 Å². The Morgan fingerprint density at radius 1 is 1.29 bits per heavy atom. The Labute approximate surface area is 102 Å². The van der Waals surface area contributed by atoms with Crippen LogP contribution in [0.25, 0.3) is 0 Å². The van der Waals surface area contributed by atoms with Crippen LogP contribution in [0.3, 0.4) is 0 Å². The molecule has 96 valence electrons. The van der Waals surface area contributed by atoms with Crippen LogP contribution >= 0.6 is 0 Å². The molecule has 1 aromatic rings. The maximum absolute atomic E-state index is 8.86. The van der Waals surface area contributed by atoms with Gasteiger partial charge in [0.25, 0.3) is 0 Å². The first-order valence-electron chi connectivity index (χ1n) is 5.45. The van der Waals surface area contributed by atoms with Crippen LogP contribution in [0.1, 0.15) is 5.56 Å². The van der Waals surface area contributed by atoms with Crippen molar-refractivity contribution in [2.24, 2.45) is 5.73 Å². The predicted octanol–water partition coefficient (Wildman–Crippen LogP) is 0.744. The highest BCUT2D eigenvalue weighted by molar-refractivity contribution is 5.62. The molecule has 0 radical (unpaired) electrons. The topological polar surface area (TPSA) is 76.7 Å². The molecule has 5 nitrogen and oxygen atoms in total. The van der Waals surface area contributed by atoms with Crippen molar-refractivity contribution in [2.75, 3.05) is 32.7 Å². The molecule has 5 heteroatoms. The van der Waals surface area contributed by atoms with E-state index in [0.717, 1.165) is 22.7 Å². The van der Waals surface area contributed by atoms with Gasteiger partial charge in [-0.3, -0.25) is 0 Å². The van der Waals surface area contributed by atoms with E-state index >= 15 is 0 Å². The number of nitrogens with one attached hydrogen (secondary N) is 1. The van der Waals surface area contributed by atoms with E-state index in [9.17, 15) is 0 Å². The quantitative estimate of drug-likeness (QED) is 0.684. The van der Waals surface area contributed by atoms with Crippen molar-refractivity contribution in [3.8, 4) is 11.5 Å². The normalized spacial score (nSPS) is 12.1. The number of rotatable bonds is 6. The van der Waals surface area contributed by atoms with Crippen LogP contribution in [0.5, 0.6) is 11.5 Å². The summed E-state index contributed by atoms with van der Waals surface area (Å²) in [6.45, 7) is 2.36. The second-order valence-corrected chi connectivity index (χ2v) is 3.85. The first-order valence-corrected chi connectivity index (χ1v) is 5.45. The third kappa shape index (κ3) is 3.51. The van der Waals surface area contributed by atoms with Gasteiger partial charge in [-0.15, -0.1) is 0 Å². The van der Waals surface area contributed by atoms with Crippen LogP contribution in [0.4, 0.5) is 5.69 Å². The maximum atomic E-state index is 8.86. The van der Waals surface area contributed by atoms with Crippen LogP contribution in [0.2, 0.25) is 0 Å². The summed E-state index contributed by atoms with van der Waals surface area (Å²) in [4.78, 5) is 0. The molecule has 17 heavy (non-hydrogen) atoms. The molecule has 0 aliphatic rings. The van der Waals surface area contributed by atoms with Gasteiger partial charge in [0.05, 0.1) is 26.5 Å². The monoisotopic (exact) mass is 240 g/mol. The van der Waals surface area contributed by atoms with E-state index in [-0.39, 0.29) is 12.6 Å². The van der Waals surface area contributed by atoms with E-state index < -0.39 is 0 Å². The molecule has 0 spiro atoms. The number of anilines is 1. The Morgan fingerprint density at radius 2 is 1.94 bits per heavy atom. The fraction of sp³-hybridized carbons (Fsp3) is 0.500. The number of aryl methyl sites for hydroxylation is 1. The van der Waals surface area contributed by atoms with E-state index in [1.165, 1.54) is 0 Å². The second kappa shape index (κ2) is 6.32. The summed E-state index contributed by atoms with van der Waals surface area (Å²) in [5.74, 6) is 1.51. The number of hydrogen-bond acceptors (Lipinski definition) is 5. The zero-order chi connectivity index (χ0) is 12.8. The average Bonchev–Trinajstić information content (AvgIpc) is 2.36. The van der Waals surface area contributed by atoms with Gasteiger partial charge in [0.2, 0.25) is 0 Å². The summed E-state index contributed by atoms with van der Waals surface area (Å²) in [6.07, 6.45) is 0. The maximum Gasteiger partial charge on any atom is 0.142 e. The Kier molecular flexibility index (Phi) is 5.06. The number of hydrogen-bond donors (Lipinski definition) is 3. The van der Waals surface area contributed by atoms with Crippen molar-refractivity contribution < 1.29 is 14.6 Å². The van der Waals surface area contributed by atoms with Gasteiger partial charge in [-0.25, -0.2) is 0 Å². The Balaban J connectivity index is 2.88. The van der Waals surface area contributed by atoms with E-state index in [1.54, 1.807) is 14.2 Å². The molecule has 0 fully saturated rings. The number of methoxy groups -OCH3 is 2. The molecule has 1 aromatic carbocycles. The van der Waals surface area contributed by atoms with E-state index in [1.807, 2.05) is 19.1 Å². The van der Waals surface area contributed by atoms with Crippen molar-refractivity contribution >= 4 is 5.69 Å². The lowest BCUT2D eigenvalue weighted by molar-refractivity contribution is 0.270. The third-order valence-electron chi connectivity index (χ3n) is 2.51. The predicted molar refractivity (Wildman–Crippen MR) is 67.8 cm³/mol. The van der Waals surface area contributed by atoms with Crippen molar-refractivity contribution in [2.45, 2.75) is 13.0 Å². The Hall–Kier alpha value is -1.46. The molecular formula is C12H20N2O3. The van der Waals surface area contributed by atoms with Gasteiger partial charge >= 0.3 is 0 Å². The SMILES string of the molecule is COc1cc(NCC(N)CO)c(OC)cc1C. The van der Waals surface area contributed by atoms with Crippen LogP contribution in [0.15, 0.2) is 12.1 Å². The number of aliphatic hydroxyl groups excluding tert-OH is 1. The zero-order valence-electron chi connectivity index (χ0n) is 10.5. The molecule has 1 unspecified atom stereocenters. The Bertz CT molecular complexity index is 369. The Morgan fingerprint density at radius 3 is 2.47 bits per heavy atom. The van der Waals surface area contributed by atoms with Crippen LogP contribution < -0.4 is 20.5 Å². The van der Waals surface area contributed by atoms with Crippen molar-refractivity contribution in [1.29, 1.82) is 0 Å². The van der Waals surface area contributed by atoms with Crippen LogP contribution in [-0.4, -0.2) is 38.5 Å². The lowest BCUT2D eigenvalue weighted by Gasteiger charge is -2.16. The lowest BCUT2D eigenvalue weighted by atomic mass is 10.1. The smallest absolute Gasteiger partial charge is 0.142 e. The van der Waals surface area contributed by atoms with E-state index in [0.29, 0.717) is 6.54 Å². The van der Waals surface area contributed by atoms with Gasteiger partial charge < -0.3 is 25.6 Å². The van der Waals surface area contributed by atoms with Gasteiger partial charge in [-0.2, -0.15) is 0 Å². The summed E-state index contributed by atoms with van der Waals surface area (Å²) in [5, 5.41) is 12.0. The molecular weight excluding hydrogens is 220 g/mol. The molecule has 0 saturated heterocycles. The molecule has 0 aliphatic carbocycles. The minimum absolute atomic E-state index is 0.0572. The molecule has 1 rings (SSSR count). The molecule has 0 amide bonds. The van der Waals surface area contributed by atoms with Crippen LogP contribution in [-0.2, 0) is 0 Å². The highest BCUT2D eigenvalue weighted by Crippen LogP contribution is 2.32. The fourth-order valence-electron chi connectivity index (χ4n) is 1.49. The first-order chi connectivity index (χ1) is 8.12. The summed E-state index contributed by atoms with van der Waals surface area (Å²) < 4.78 is 10.5. The number of nitrogens with two attached hydrogens (primary N) is 1. The van der Waals surface area contributed by atoms with Gasteiger partial charge in [0.15, 0.2) is 0 Å². The molecule has 1 atom stereocenters. The highest BCUT2D eigenvalue weighted by Gasteiger charge is 2.09. The fourth-order valence-corrected chi connectivity index (χ4v) is 1.49. The molecule has 0 aliphatic heterocycles. The molecule has 0 saturated carbocycles. The van der Waals surface area contributed by atoms with Gasteiger partial charge in [0, 0.05) is 18.7 Å². The molecule has 4 N–H and O–H groups in total. The first kappa shape index (κ1) is 13.6. The van der Waals surface area contributed by atoms with Gasteiger partial charge in [0.1, 0.15) is 11.5 Å². The minimum Gasteiger partial charge on any atom is -0.496 e. The lowest BCUT2D eigenvalue weighted by Crippen LogP contribution is -2.32. The van der Waals surface area contributed by atoms with Crippen molar-refractivity contribution in [3.05, 3.63) is 17.7 Å². The molecule has 0 heterocycles. The largest absolute Gasteiger partial charge is 0.496 e.